The first kappa shape index (κ1) is 15.6. The Balaban J connectivity index is 1.97. The van der Waals surface area contributed by atoms with Crippen LogP contribution in [-0.2, 0) is 4.79 Å². The molecule has 0 atom stereocenters. The number of carbonyl (C=O) groups is 1. The molecule has 0 unspecified atom stereocenters. The van der Waals surface area contributed by atoms with Crippen LogP contribution in [0.2, 0.25) is 0 Å². The number of benzene rings is 2. The van der Waals surface area contributed by atoms with Crippen molar-refractivity contribution in [3.05, 3.63) is 66.7 Å². The SMILES string of the molecule is O=C(CO)Nc1cc(Nc2ccccc2)nc(-c2ccccc2)n1. The number of carbonyl (C=O) groups excluding carboxylic acids is 1. The van der Waals surface area contributed by atoms with Crippen molar-refractivity contribution in [2.24, 2.45) is 0 Å². The monoisotopic (exact) mass is 320 g/mol. The fourth-order valence-corrected chi connectivity index (χ4v) is 2.14. The molecule has 3 aromatic rings. The van der Waals surface area contributed by atoms with Crippen LogP contribution in [0.5, 0.6) is 0 Å². The number of hydrogen-bond acceptors (Lipinski definition) is 5. The maximum absolute atomic E-state index is 11.5. The number of amides is 1. The molecule has 6 nitrogen and oxygen atoms in total. The first-order valence-corrected chi connectivity index (χ1v) is 7.42. The number of rotatable bonds is 5. The second kappa shape index (κ2) is 7.34. The maximum Gasteiger partial charge on any atom is 0.251 e. The van der Waals surface area contributed by atoms with Crippen molar-refractivity contribution in [1.29, 1.82) is 0 Å². The van der Waals surface area contributed by atoms with Gasteiger partial charge in [-0.3, -0.25) is 4.79 Å². The van der Waals surface area contributed by atoms with Crippen molar-refractivity contribution in [1.82, 2.24) is 9.97 Å². The van der Waals surface area contributed by atoms with Crippen molar-refractivity contribution >= 4 is 23.2 Å². The quantitative estimate of drug-likeness (QED) is 0.673. The lowest BCUT2D eigenvalue weighted by Gasteiger charge is -2.10. The molecule has 0 radical (unpaired) electrons. The van der Waals surface area contributed by atoms with Gasteiger partial charge in [0, 0.05) is 17.3 Å². The lowest BCUT2D eigenvalue weighted by atomic mass is 10.2. The summed E-state index contributed by atoms with van der Waals surface area (Å²) in [5.41, 5.74) is 1.70. The molecule has 1 heterocycles. The minimum atomic E-state index is -0.605. The Hall–Kier alpha value is -3.25. The van der Waals surface area contributed by atoms with Gasteiger partial charge in [-0.05, 0) is 12.1 Å². The number of aliphatic hydroxyl groups is 1. The first-order valence-electron chi connectivity index (χ1n) is 7.42. The molecule has 0 spiro atoms. The summed E-state index contributed by atoms with van der Waals surface area (Å²) in [6.45, 7) is -0.605. The normalized spacial score (nSPS) is 10.2. The molecule has 1 amide bonds. The smallest absolute Gasteiger partial charge is 0.251 e. The molecule has 3 rings (SSSR count). The lowest BCUT2D eigenvalue weighted by molar-refractivity contribution is -0.118. The highest BCUT2D eigenvalue weighted by Gasteiger charge is 2.09. The Morgan fingerprint density at radius 3 is 2.21 bits per heavy atom. The minimum absolute atomic E-state index is 0.321. The second-order valence-corrected chi connectivity index (χ2v) is 5.03. The Kier molecular flexibility index (Phi) is 4.78. The van der Waals surface area contributed by atoms with Crippen molar-refractivity contribution in [2.75, 3.05) is 17.2 Å². The summed E-state index contributed by atoms with van der Waals surface area (Å²) < 4.78 is 0. The van der Waals surface area contributed by atoms with E-state index >= 15 is 0 Å². The molecule has 0 saturated carbocycles. The third kappa shape index (κ3) is 3.93. The molecule has 120 valence electrons. The van der Waals surface area contributed by atoms with Crippen molar-refractivity contribution < 1.29 is 9.90 Å². The van der Waals surface area contributed by atoms with E-state index in [9.17, 15) is 4.79 Å². The Labute approximate surface area is 139 Å². The number of hydrogen-bond donors (Lipinski definition) is 3. The number of para-hydroxylation sites is 1. The van der Waals surface area contributed by atoms with E-state index in [1.54, 1.807) is 6.07 Å². The summed E-state index contributed by atoms with van der Waals surface area (Å²) in [6, 6.07) is 20.7. The highest BCUT2D eigenvalue weighted by Crippen LogP contribution is 2.22. The van der Waals surface area contributed by atoms with Crippen LogP contribution in [-0.4, -0.2) is 27.6 Å². The molecular formula is C18H16N4O2. The van der Waals surface area contributed by atoms with E-state index < -0.39 is 12.5 Å². The molecule has 0 saturated heterocycles. The van der Waals surface area contributed by atoms with Gasteiger partial charge in [0.2, 0.25) is 0 Å². The molecule has 1 aromatic heterocycles. The van der Waals surface area contributed by atoms with Gasteiger partial charge in [-0.2, -0.15) is 0 Å². The Morgan fingerprint density at radius 2 is 1.54 bits per heavy atom. The summed E-state index contributed by atoms with van der Waals surface area (Å²) in [5.74, 6) is 0.813. The van der Waals surface area contributed by atoms with Crippen molar-refractivity contribution in [3.8, 4) is 11.4 Å². The summed E-state index contributed by atoms with van der Waals surface area (Å²) in [4.78, 5) is 20.3. The maximum atomic E-state index is 11.5. The van der Waals surface area contributed by atoms with Crippen molar-refractivity contribution in [3.63, 3.8) is 0 Å². The highest BCUT2D eigenvalue weighted by atomic mass is 16.3. The van der Waals surface area contributed by atoms with Crippen LogP contribution < -0.4 is 10.6 Å². The van der Waals surface area contributed by atoms with E-state index in [2.05, 4.69) is 20.6 Å². The van der Waals surface area contributed by atoms with Gasteiger partial charge in [-0.15, -0.1) is 0 Å². The average molecular weight is 320 g/mol. The third-order valence-corrected chi connectivity index (χ3v) is 3.22. The Bertz CT molecular complexity index is 823. The number of nitrogens with zero attached hydrogens (tertiary/aromatic N) is 2. The number of nitrogens with one attached hydrogen (secondary N) is 2. The molecule has 24 heavy (non-hydrogen) atoms. The van der Waals surface area contributed by atoms with Crippen molar-refractivity contribution in [2.45, 2.75) is 0 Å². The number of aromatic nitrogens is 2. The minimum Gasteiger partial charge on any atom is -0.387 e. The lowest BCUT2D eigenvalue weighted by Crippen LogP contribution is -2.17. The zero-order valence-electron chi connectivity index (χ0n) is 12.8. The van der Waals surface area contributed by atoms with E-state index in [0.29, 0.717) is 17.5 Å². The fraction of sp³-hybridized carbons (Fsp3) is 0.0556. The summed E-state index contributed by atoms with van der Waals surface area (Å²) in [5, 5.41) is 14.6. The van der Waals surface area contributed by atoms with Gasteiger partial charge in [0.15, 0.2) is 5.82 Å². The van der Waals surface area contributed by atoms with Crippen LogP contribution >= 0.6 is 0 Å². The molecule has 0 aliphatic heterocycles. The van der Waals surface area contributed by atoms with Gasteiger partial charge in [0.25, 0.3) is 5.91 Å². The summed E-state index contributed by atoms with van der Waals surface area (Å²) in [7, 11) is 0. The largest absolute Gasteiger partial charge is 0.387 e. The Morgan fingerprint density at radius 1 is 0.917 bits per heavy atom. The molecule has 0 aliphatic rings. The fourth-order valence-electron chi connectivity index (χ4n) is 2.14. The van der Waals surface area contributed by atoms with E-state index in [-0.39, 0.29) is 0 Å². The van der Waals surface area contributed by atoms with E-state index in [1.165, 1.54) is 0 Å². The zero-order chi connectivity index (χ0) is 16.8. The van der Waals surface area contributed by atoms with Crippen LogP contribution in [0.25, 0.3) is 11.4 Å². The topological polar surface area (TPSA) is 87.1 Å². The van der Waals surface area contributed by atoms with Crippen LogP contribution in [0.15, 0.2) is 66.7 Å². The zero-order valence-corrected chi connectivity index (χ0v) is 12.8. The molecular weight excluding hydrogens is 304 g/mol. The van der Waals surface area contributed by atoms with Crippen LogP contribution in [0, 0.1) is 0 Å². The van der Waals surface area contributed by atoms with Gasteiger partial charge in [0.1, 0.15) is 18.2 Å². The van der Waals surface area contributed by atoms with E-state index in [0.717, 1.165) is 11.3 Å². The highest BCUT2D eigenvalue weighted by molar-refractivity contribution is 5.91. The van der Waals surface area contributed by atoms with Gasteiger partial charge >= 0.3 is 0 Å². The molecule has 0 fully saturated rings. The van der Waals surface area contributed by atoms with E-state index in [4.69, 9.17) is 5.11 Å². The first-order chi connectivity index (χ1) is 11.7. The molecule has 0 aliphatic carbocycles. The molecule has 2 aromatic carbocycles. The number of aliphatic hydroxyl groups excluding tert-OH is 1. The predicted octanol–water partition coefficient (Wildman–Crippen LogP) is 2.82. The van der Waals surface area contributed by atoms with Crippen LogP contribution in [0.3, 0.4) is 0 Å². The van der Waals surface area contributed by atoms with Gasteiger partial charge in [-0.1, -0.05) is 48.5 Å². The predicted molar refractivity (Wildman–Crippen MR) is 92.9 cm³/mol. The third-order valence-electron chi connectivity index (χ3n) is 3.22. The second-order valence-electron chi connectivity index (χ2n) is 5.03. The van der Waals surface area contributed by atoms with Gasteiger partial charge in [-0.25, -0.2) is 9.97 Å². The standard InChI is InChI=1S/C18H16N4O2/c23-12-17(24)20-16-11-15(19-14-9-5-2-6-10-14)21-18(22-16)13-7-3-1-4-8-13/h1-11,23H,12H2,(H2,19,20,21,22,24). The molecule has 3 N–H and O–H groups in total. The van der Waals surface area contributed by atoms with Gasteiger partial charge < -0.3 is 15.7 Å². The number of anilines is 3. The van der Waals surface area contributed by atoms with E-state index in [1.807, 2.05) is 60.7 Å². The van der Waals surface area contributed by atoms with Crippen LogP contribution in [0.1, 0.15) is 0 Å². The average Bonchev–Trinajstić information content (AvgIpc) is 2.63. The van der Waals surface area contributed by atoms with Gasteiger partial charge in [0.05, 0.1) is 0 Å². The summed E-state index contributed by atoms with van der Waals surface area (Å²) in [6.07, 6.45) is 0. The van der Waals surface area contributed by atoms with Crippen LogP contribution in [0.4, 0.5) is 17.3 Å². The summed E-state index contributed by atoms with van der Waals surface area (Å²) >= 11 is 0. The molecule has 0 bridgehead atoms. The molecule has 6 heteroatoms.